The zero-order valence-electron chi connectivity index (χ0n) is 18.9. The zero-order chi connectivity index (χ0) is 24.0. The molecule has 0 saturated carbocycles. The number of benzene rings is 2. The lowest BCUT2D eigenvalue weighted by atomic mass is 10.1. The molecule has 1 amide bonds. The van der Waals surface area contributed by atoms with Crippen molar-refractivity contribution in [2.24, 2.45) is 7.05 Å². The lowest BCUT2D eigenvalue weighted by Crippen LogP contribution is -2.50. The van der Waals surface area contributed by atoms with Gasteiger partial charge in [0, 0.05) is 56.3 Å². The number of rotatable bonds is 3. The molecule has 0 aliphatic carbocycles. The molecule has 1 aliphatic rings. The second-order valence-electron chi connectivity index (χ2n) is 8.51. The molecule has 9 heteroatoms. The van der Waals surface area contributed by atoms with Crippen LogP contribution in [0.25, 0.3) is 21.8 Å². The summed E-state index contributed by atoms with van der Waals surface area (Å²) in [4.78, 5) is 31.9. The average Bonchev–Trinajstić information content (AvgIpc) is 2.85. The molecular weight excluding hydrogens is 452 g/mol. The fourth-order valence-corrected chi connectivity index (χ4v) is 6.07. The van der Waals surface area contributed by atoms with E-state index in [-0.39, 0.29) is 42.5 Å². The summed E-state index contributed by atoms with van der Waals surface area (Å²) >= 11 is 0. The highest BCUT2D eigenvalue weighted by Crippen LogP contribution is 2.26. The van der Waals surface area contributed by atoms with Crippen molar-refractivity contribution in [2.75, 3.05) is 26.2 Å². The Bertz CT molecular complexity index is 1600. The molecule has 2 aromatic carbocycles. The number of fused-ring (bicyclic) bond motifs is 2. The normalized spacial score (nSPS) is 15.2. The number of amides is 1. The zero-order valence-corrected chi connectivity index (χ0v) is 19.7. The van der Waals surface area contributed by atoms with Crippen molar-refractivity contribution in [3.63, 3.8) is 0 Å². The van der Waals surface area contributed by atoms with Crippen LogP contribution in [0.4, 0.5) is 0 Å². The maximum atomic E-state index is 13.4. The van der Waals surface area contributed by atoms with Crippen LogP contribution >= 0.6 is 0 Å². The summed E-state index contributed by atoms with van der Waals surface area (Å²) < 4.78 is 29.8. The van der Waals surface area contributed by atoms with Crippen LogP contribution in [-0.4, -0.2) is 59.3 Å². The van der Waals surface area contributed by atoms with Gasteiger partial charge >= 0.3 is 0 Å². The highest BCUT2D eigenvalue weighted by molar-refractivity contribution is 7.89. The molecule has 1 fully saturated rings. The van der Waals surface area contributed by atoms with Crippen molar-refractivity contribution in [3.05, 3.63) is 82.3 Å². The second-order valence-corrected chi connectivity index (χ2v) is 10.4. The predicted molar refractivity (Wildman–Crippen MR) is 130 cm³/mol. The van der Waals surface area contributed by atoms with E-state index in [4.69, 9.17) is 0 Å². The molecule has 174 valence electrons. The Morgan fingerprint density at radius 2 is 1.71 bits per heavy atom. The van der Waals surface area contributed by atoms with Crippen molar-refractivity contribution in [1.82, 2.24) is 18.8 Å². The number of sulfonamides is 1. The second kappa shape index (κ2) is 8.34. The highest BCUT2D eigenvalue weighted by Gasteiger charge is 2.32. The Kier molecular flexibility index (Phi) is 5.45. The van der Waals surface area contributed by atoms with Gasteiger partial charge in [-0.25, -0.2) is 8.42 Å². The summed E-state index contributed by atoms with van der Waals surface area (Å²) in [6.45, 7) is 2.71. The molecule has 0 bridgehead atoms. The molecule has 4 aromatic rings. The fraction of sp³-hybridized carbons (Fsp3) is 0.240. The molecule has 0 spiro atoms. The van der Waals surface area contributed by atoms with Crippen LogP contribution in [0.15, 0.2) is 70.5 Å². The Labute approximate surface area is 197 Å². The number of aryl methyl sites for hydroxylation is 2. The largest absolute Gasteiger partial charge is 0.336 e. The number of hydrogen-bond acceptors (Lipinski definition) is 5. The minimum Gasteiger partial charge on any atom is -0.336 e. The van der Waals surface area contributed by atoms with E-state index in [0.717, 1.165) is 10.9 Å². The molecule has 0 radical (unpaired) electrons. The van der Waals surface area contributed by atoms with Gasteiger partial charge in [-0.3, -0.25) is 14.6 Å². The molecule has 5 rings (SSSR count). The van der Waals surface area contributed by atoms with E-state index in [1.165, 1.54) is 14.9 Å². The van der Waals surface area contributed by atoms with E-state index in [0.29, 0.717) is 22.0 Å². The number of pyridine rings is 2. The fourth-order valence-electron chi connectivity index (χ4n) is 4.48. The number of para-hydroxylation sites is 2. The lowest BCUT2D eigenvalue weighted by molar-refractivity contribution is 0.0699. The molecule has 1 aliphatic heterocycles. The molecule has 2 aromatic heterocycles. The molecule has 0 unspecified atom stereocenters. The van der Waals surface area contributed by atoms with E-state index in [9.17, 15) is 18.0 Å². The van der Waals surface area contributed by atoms with Gasteiger partial charge in [-0.1, -0.05) is 30.3 Å². The van der Waals surface area contributed by atoms with Crippen LogP contribution in [0.1, 0.15) is 15.9 Å². The molecule has 8 nitrogen and oxygen atoms in total. The van der Waals surface area contributed by atoms with Gasteiger partial charge in [-0.05, 0) is 30.7 Å². The first kappa shape index (κ1) is 22.2. The average molecular weight is 477 g/mol. The molecule has 1 saturated heterocycles. The number of nitrogens with zero attached hydrogens (tertiary/aromatic N) is 4. The Hall–Kier alpha value is -3.56. The summed E-state index contributed by atoms with van der Waals surface area (Å²) in [5.41, 5.74) is 2.15. The van der Waals surface area contributed by atoms with Crippen LogP contribution in [0, 0.1) is 6.92 Å². The quantitative estimate of drug-likeness (QED) is 0.453. The molecule has 34 heavy (non-hydrogen) atoms. The summed E-state index contributed by atoms with van der Waals surface area (Å²) in [5.74, 6) is -0.270. The predicted octanol–water partition coefficient (Wildman–Crippen LogP) is 2.54. The van der Waals surface area contributed by atoms with E-state index >= 15 is 0 Å². The van der Waals surface area contributed by atoms with Crippen LogP contribution in [0.3, 0.4) is 0 Å². The molecule has 0 N–H and O–H groups in total. The van der Waals surface area contributed by atoms with E-state index in [2.05, 4.69) is 4.98 Å². The first-order valence-electron chi connectivity index (χ1n) is 11.0. The van der Waals surface area contributed by atoms with Gasteiger partial charge in [0.25, 0.3) is 11.5 Å². The van der Waals surface area contributed by atoms with Gasteiger partial charge in [-0.15, -0.1) is 0 Å². The number of piperazine rings is 1. The van der Waals surface area contributed by atoms with E-state index in [1.54, 1.807) is 36.3 Å². The smallest absolute Gasteiger partial charge is 0.254 e. The van der Waals surface area contributed by atoms with E-state index < -0.39 is 10.0 Å². The van der Waals surface area contributed by atoms with Gasteiger partial charge in [0.15, 0.2) is 0 Å². The van der Waals surface area contributed by atoms with Crippen LogP contribution in [0.2, 0.25) is 0 Å². The SMILES string of the molecule is Cc1cnc2c(S(=O)(=O)N3CCN(C(=O)c4cc(=O)n(C)c5ccccc45)CC3)cccc2c1. The number of aromatic nitrogens is 2. The molecular formula is C25H24N4O4S. The highest BCUT2D eigenvalue weighted by atomic mass is 32.2. The number of hydrogen-bond donors (Lipinski definition) is 0. The summed E-state index contributed by atoms with van der Waals surface area (Å²) in [7, 11) is -2.11. The minimum absolute atomic E-state index is 0.166. The summed E-state index contributed by atoms with van der Waals surface area (Å²) in [6.07, 6.45) is 1.66. The maximum absolute atomic E-state index is 13.4. The Balaban J connectivity index is 1.41. The minimum atomic E-state index is -3.78. The first-order chi connectivity index (χ1) is 16.3. The standard InChI is InChI=1S/C25H24N4O4S/c1-17-14-18-6-5-9-22(24(18)26-16-17)34(32,33)29-12-10-28(11-13-29)25(31)20-15-23(30)27(2)21-8-4-3-7-19(20)21/h3-9,14-16H,10-13H2,1-2H3. The molecule has 0 atom stereocenters. The van der Waals surface area contributed by atoms with Gasteiger partial charge in [-0.2, -0.15) is 4.31 Å². The Morgan fingerprint density at radius 3 is 2.47 bits per heavy atom. The summed E-state index contributed by atoms with van der Waals surface area (Å²) in [6, 6.07) is 15.7. The van der Waals surface area contributed by atoms with Gasteiger partial charge in [0.2, 0.25) is 10.0 Å². The van der Waals surface area contributed by atoms with Crippen LogP contribution < -0.4 is 5.56 Å². The maximum Gasteiger partial charge on any atom is 0.254 e. The van der Waals surface area contributed by atoms with Crippen molar-refractivity contribution >= 4 is 37.7 Å². The monoisotopic (exact) mass is 476 g/mol. The van der Waals surface area contributed by atoms with Gasteiger partial charge < -0.3 is 9.47 Å². The third-order valence-corrected chi connectivity index (χ3v) is 8.27. The van der Waals surface area contributed by atoms with Gasteiger partial charge in [0.05, 0.1) is 16.6 Å². The third-order valence-electron chi connectivity index (χ3n) is 6.34. The van der Waals surface area contributed by atoms with Crippen molar-refractivity contribution in [1.29, 1.82) is 0 Å². The third kappa shape index (κ3) is 3.66. The van der Waals surface area contributed by atoms with Crippen molar-refractivity contribution in [2.45, 2.75) is 11.8 Å². The van der Waals surface area contributed by atoms with E-state index in [1.807, 2.05) is 37.3 Å². The molecule has 3 heterocycles. The number of carbonyl (C=O) groups excluding carboxylic acids is 1. The lowest BCUT2D eigenvalue weighted by Gasteiger charge is -2.34. The van der Waals surface area contributed by atoms with Gasteiger partial charge in [0.1, 0.15) is 4.90 Å². The van der Waals surface area contributed by atoms with Crippen molar-refractivity contribution in [3.8, 4) is 0 Å². The number of carbonyl (C=O) groups is 1. The summed E-state index contributed by atoms with van der Waals surface area (Å²) in [5, 5.41) is 1.47. The first-order valence-corrected chi connectivity index (χ1v) is 12.4. The topological polar surface area (TPSA) is 92.6 Å². The van der Waals surface area contributed by atoms with Crippen LogP contribution in [-0.2, 0) is 17.1 Å². The van der Waals surface area contributed by atoms with Crippen molar-refractivity contribution < 1.29 is 13.2 Å². The Morgan fingerprint density at radius 1 is 0.971 bits per heavy atom. The van der Waals surface area contributed by atoms with Crippen LogP contribution in [0.5, 0.6) is 0 Å².